The molecule has 74 valence electrons. The molecule has 1 aromatic heterocycles. The van der Waals surface area contributed by atoms with Gasteiger partial charge in [-0.25, -0.2) is 0 Å². The molecule has 3 heteroatoms. The van der Waals surface area contributed by atoms with E-state index >= 15 is 0 Å². The summed E-state index contributed by atoms with van der Waals surface area (Å²) < 4.78 is 5.64. The predicted molar refractivity (Wildman–Crippen MR) is 59.1 cm³/mol. The Labute approximate surface area is 85.9 Å². The van der Waals surface area contributed by atoms with E-state index in [1.54, 1.807) is 6.07 Å². The quantitative estimate of drug-likeness (QED) is 0.590. The van der Waals surface area contributed by atoms with E-state index in [4.69, 9.17) is 9.62 Å². The van der Waals surface area contributed by atoms with Gasteiger partial charge >= 0.3 is 0 Å². The van der Waals surface area contributed by atoms with Crippen molar-refractivity contribution in [1.82, 2.24) is 0 Å². The monoisotopic (exact) mass is 199 g/mol. The fourth-order valence-corrected chi connectivity index (χ4v) is 1.80. The highest BCUT2D eigenvalue weighted by atomic mass is 16.5. The van der Waals surface area contributed by atoms with Gasteiger partial charge in [0.15, 0.2) is 0 Å². The fourth-order valence-electron chi connectivity index (χ4n) is 1.80. The third-order valence-corrected chi connectivity index (χ3v) is 2.51. The molecule has 0 spiro atoms. The second kappa shape index (κ2) is 3.00. The summed E-state index contributed by atoms with van der Waals surface area (Å²) >= 11 is 0. The summed E-state index contributed by atoms with van der Waals surface area (Å²) in [5.41, 5.74) is 4.37. The van der Waals surface area contributed by atoms with E-state index in [1.807, 2.05) is 36.4 Å². The van der Waals surface area contributed by atoms with E-state index < -0.39 is 0 Å². The molecule has 0 aliphatic carbocycles. The van der Waals surface area contributed by atoms with Crippen LogP contribution in [0, 0.1) is 0 Å². The second-order valence-corrected chi connectivity index (χ2v) is 3.42. The van der Waals surface area contributed by atoms with E-state index in [-0.39, 0.29) is 0 Å². The van der Waals surface area contributed by atoms with Crippen LogP contribution in [0.15, 0.2) is 46.9 Å². The lowest BCUT2D eigenvalue weighted by Crippen LogP contribution is -1.86. The van der Waals surface area contributed by atoms with Gasteiger partial charge in [-0.1, -0.05) is 18.2 Å². The van der Waals surface area contributed by atoms with E-state index in [1.165, 1.54) is 0 Å². The van der Waals surface area contributed by atoms with Gasteiger partial charge in [0, 0.05) is 16.8 Å². The van der Waals surface area contributed by atoms with Gasteiger partial charge in [-0.3, -0.25) is 10.7 Å². The van der Waals surface area contributed by atoms with Crippen molar-refractivity contribution in [2.24, 2.45) is 0 Å². The molecule has 0 bridgehead atoms. The number of fused-ring (bicyclic) bond motifs is 3. The largest absolute Gasteiger partial charge is 0.456 e. The average molecular weight is 199 g/mol. The summed E-state index contributed by atoms with van der Waals surface area (Å²) in [7, 11) is 0. The normalized spacial score (nSPS) is 11.0. The van der Waals surface area contributed by atoms with Crippen molar-refractivity contribution < 1.29 is 9.62 Å². The molecule has 0 amide bonds. The minimum Gasteiger partial charge on any atom is -0.456 e. The molecule has 15 heavy (non-hydrogen) atoms. The van der Waals surface area contributed by atoms with Crippen LogP contribution in [0.3, 0.4) is 0 Å². The summed E-state index contributed by atoms with van der Waals surface area (Å²) in [5.74, 6) is 0. The molecule has 0 fully saturated rings. The lowest BCUT2D eigenvalue weighted by Gasteiger charge is -1.96. The van der Waals surface area contributed by atoms with Crippen LogP contribution in [0.5, 0.6) is 0 Å². The van der Waals surface area contributed by atoms with Gasteiger partial charge in [0.1, 0.15) is 11.2 Å². The zero-order valence-electron chi connectivity index (χ0n) is 7.90. The first-order chi connectivity index (χ1) is 7.38. The van der Waals surface area contributed by atoms with Crippen LogP contribution >= 0.6 is 0 Å². The molecule has 0 unspecified atom stereocenters. The first-order valence-corrected chi connectivity index (χ1v) is 4.70. The average Bonchev–Trinajstić information content (AvgIpc) is 2.66. The molecule has 1 heterocycles. The number of benzene rings is 2. The van der Waals surface area contributed by atoms with Crippen molar-refractivity contribution in [2.75, 3.05) is 5.48 Å². The van der Waals surface area contributed by atoms with E-state index in [2.05, 4.69) is 5.48 Å². The minimum atomic E-state index is 0.626. The second-order valence-electron chi connectivity index (χ2n) is 3.42. The van der Waals surface area contributed by atoms with Gasteiger partial charge < -0.3 is 4.42 Å². The maximum absolute atomic E-state index is 8.78. The lowest BCUT2D eigenvalue weighted by atomic mass is 10.1. The molecule has 3 nitrogen and oxygen atoms in total. The maximum Gasteiger partial charge on any atom is 0.137 e. The number of furan rings is 1. The Bertz CT molecular complexity index is 628. The van der Waals surface area contributed by atoms with Crippen molar-refractivity contribution >= 4 is 27.6 Å². The van der Waals surface area contributed by atoms with Crippen molar-refractivity contribution in [3.05, 3.63) is 42.5 Å². The third kappa shape index (κ3) is 1.17. The van der Waals surface area contributed by atoms with Gasteiger partial charge in [0.2, 0.25) is 0 Å². The zero-order chi connectivity index (χ0) is 10.3. The Hall–Kier alpha value is -2.00. The van der Waals surface area contributed by atoms with Crippen LogP contribution in [-0.4, -0.2) is 5.21 Å². The van der Waals surface area contributed by atoms with Crippen LogP contribution in [-0.2, 0) is 0 Å². The van der Waals surface area contributed by atoms with Crippen LogP contribution in [0.4, 0.5) is 5.69 Å². The molecule has 0 saturated carbocycles. The molecule has 0 aliphatic heterocycles. The zero-order valence-corrected chi connectivity index (χ0v) is 7.90. The van der Waals surface area contributed by atoms with Gasteiger partial charge in [-0.15, -0.1) is 0 Å². The highest BCUT2D eigenvalue weighted by Crippen LogP contribution is 2.29. The maximum atomic E-state index is 8.78. The van der Waals surface area contributed by atoms with E-state index in [0.29, 0.717) is 5.69 Å². The lowest BCUT2D eigenvalue weighted by molar-refractivity contribution is 0.389. The Kier molecular flexibility index (Phi) is 1.66. The number of nitrogens with one attached hydrogen (secondary N) is 1. The van der Waals surface area contributed by atoms with Crippen molar-refractivity contribution in [3.8, 4) is 0 Å². The molecule has 3 aromatic rings. The smallest absolute Gasteiger partial charge is 0.137 e. The minimum absolute atomic E-state index is 0.626. The number of hydrogen-bond donors (Lipinski definition) is 2. The van der Waals surface area contributed by atoms with Crippen molar-refractivity contribution in [1.29, 1.82) is 0 Å². The van der Waals surface area contributed by atoms with Crippen molar-refractivity contribution in [3.63, 3.8) is 0 Å². The van der Waals surface area contributed by atoms with E-state index in [0.717, 1.165) is 21.9 Å². The number of rotatable bonds is 1. The van der Waals surface area contributed by atoms with Gasteiger partial charge in [0.05, 0.1) is 5.69 Å². The first kappa shape index (κ1) is 8.32. The molecular weight excluding hydrogens is 190 g/mol. The van der Waals surface area contributed by atoms with Gasteiger partial charge in [-0.05, 0) is 18.2 Å². The van der Waals surface area contributed by atoms with Crippen LogP contribution in [0.2, 0.25) is 0 Å². The summed E-state index contributed by atoms with van der Waals surface area (Å²) in [6.45, 7) is 0. The third-order valence-electron chi connectivity index (χ3n) is 2.51. The van der Waals surface area contributed by atoms with Crippen LogP contribution in [0.1, 0.15) is 0 Å². The number of anilines is 1. The molecule has 2 aromatic carbocycles. The highest BCUT2D eigenvalue weighted by Gasteiger charge is 2.05. The Morgan fingerprint density at radius 3 is 2.60 bits per heavy atom. The van der Waals surface area contributed by atoms with Crippen molar-refractivity contribution in [2.45, 2.75) is 0 Å². The summed E-state index contributed by atoms with van der Waals surface area (Å²) in [6, 6.07) is 13.4. The predicted octanol–water partition coefficient (Wildman–Crippen LogP) is 3.39. The van der Waals surface area contributed by atoms with E-state index in [9.17, 15) is 0 Å². The molecule has 0 atom stereocenters. The Balaban J connectivity index is 2.43. The number of hydrogen-bond acceptors (Lipinski definition) is 3. The fraction of sp³-hybridized carbons (Fsp3) is 0. The molecule has 0 radical (unpaired) electrons. The Morgan fingerprint density at radius 1 is 0.933 bits per heavy atom. The summed E-state index contributed by atoms with van der Waals surface area (Å²) in [5, 5.41) is 10.9. The summed E-state index contributed by atoms with van der Waals surface area (Å²) in [4.78, 5) is 0. The first-order valence-electron chi connectivity index (χ1n) is 4.70. The van der Waals surface area contributed by atoms with Gasteiger partial charge in [0.25, 0.3) is 0 Å². The molecular formula is C12H9NO2. The van der Waals surface area contributed by atoms with Crippen LogP contribution < -0.4 is 5.48 Å². The molecule has 2 N–H and O–H groups in total. The molecule has 3 rings (SSSR count). The highest BCUT2D eigenvalue weighted by molar-refractivity contribution is 6.05. The topological polar surface area (TPSA) is 45.4 Å². The molecule has 0 aliphatic rings. The number of para-hydroxylation sites is 1. The standard InChI is InChI=1S/C12H9NO2/c14-13-8-5-6-10-9-3-1-2-4-11(9)15-12(10)7-8/h1-7,13-14H. The summed E-state index contributed by atoms with van der Waals surface area (Å²) in [6.07, 6.45) is 0. The SMILES string of the molecule is ONc1ccc2c(c1)oc1ccccc12. The van der Waals surface area contributed by atoms with Crippen LogP contribution in [0.25, 0.3) is 21.9 Å². The molecule has 0 saturated heterocycles. The Morgan fingerprint density at radius 2 is 1.73 bits per heavy atom. The van der Waals surface area contributed by atoms with Gasteiger partial charge in [-0.2, -0.15) is 0 Å².